The maximum atomic E-state index is 13.3. The summed E-state index contributed by atoms with van der Waals surface area (Å²) in [6.45, 7) is 1.65. The number of carbonyl (C=O) groups is 2. The molecule has 240 valence electrons. The molecule has 0 radical (unpaired) electrons. The summed E-state index contributed by atoms with van der Waals surface area (Å²) in [5, 5.41) is 58.0. The molecule has 14 nitrogen and oxygen atoms in total. The minimum absolute atomic E-state index is 0.0572. The van der Waals surface area contributed by atoms with E-state index in [9.17, 15) is 35.1 Å². The van der Waals surface area contributed by atoms with E-state index in [1.165, 1.54) is 18.4 Å². The second-order valence-electron chi connectivity index (χ2n) is 11.1. The van der Waals surface area contributed by atoms with Crippen LogP contribution in [0.1, 0.15) is 27.6 Å². The van der Waals surface area contributed by atoms with E-state index in [4.69, 9.17) is 14.2 Å². The van der Waals surface area contributed by atoms with Gasteiger partial charge in [0.25, 0.3) is 0 Å². The predicted molar refractivity (Wildman–Crippen MR) is 160 cm³/mol. The Kier molecular flexibility index (Phi) is 8.92. The van der Waals surface area contributed by atoms with Crippen molar-refractivity contribution < 1.29 is 49.3 Å². The summed E-state index contributed by atoms with van der Waals surface area (Å²) in [7, 11) is 1.25. The summed E-state index contributed by atoms with van der Waals surface area (Å²) in [6, 6.07) is 9.69. The van der Waals surface area contributed by atoms with Gasteiger partial charge in [-0.1, -0.05) is 30.3 Å². The number of nitrogens with one attached hydrogen (secondary N) is 1. The molecule has 2 fully saturated rings. The number of hydrogen-bond donors (Lipinski definition) is 6. The van der Waals surface area contributed by atoms with Gasteiger partial charge in [-0.3, -0.25) is 14.6 Å². The van der Waals surface area contributed by atoms with Gasteiger partial charge in [0.05, 0.1) is 31.5 Å². The molecule has 6 N–H and O–H groups in total. The molecular formula is C30H34N4O10S. The Labute approximate surface area is 262 Å². The number of phenolic OH excluding ortho intramolecular Hbond substituents is 2. The Morgan fingerprint density at radius 3 is 2.49 bits per heavy atom. The largest absolute Gasteiger partial charge is 0.504 e. The predicted octanol–water partition coefficient (Wildman–Crippen LogP) is 0.679. The van der Waals surface area contributed by atoms with Crippen molar-refractivity contribution in [1.29, 1.82) is 0 Å². The molecular weight excluding hydrogens is 608 g/mol. The van der Waals surface area contributed by atoms with Crippen LogP contribution in [0.3, 0.4) is 0 Å². The number of hydrogen-bond acceptors (Lipinski definition) is 14. The van der Waals surface area contributed by atoms with Crippen LogP contribution in [-0.2, 0) is 20.8 Å². The molecule has 4 heterocycles. The van der Waals surface area contributed by atoms with Crippen molar-refractivity contribution in [2.75, 3.05) is 51.8 Å². The number of ether oxygens (including phenoxy) is 3. The lowest BCUT2D eigenvalue weighted by atomic mass is 9.84. The number of aliphatic hydroxyl groups is 3. The summed E-state index contributed by atoms with van der Waals surface area (Å²) in [6.07, 6.45) is -6.93. The van der Waals surface area contributed by atoms with Crippen LogP contribution in [0.5, 0.6) is 17.2 Å². The van der Waals surface area contributed by atoms with Crippen LogP contribution in [-0.4, -0.2) is 123 Å². The van der Waals surface area contributed by atoms with Crippen LogP contribution in [0, 0.1) is 0 Å². The number of methoxy groups -OCH3 is 1. The highest BCUT2D eigenvalue weighted by Crippen LogP contribution is 2.52. The lowest BCUT2D eigenvalue weighted by Crippen LogP contribution is -2.58. The summed E-state index contributed by atoms with van der Waals surface area (Å²) < 4.78 is 16.5. The first kappa shape index (κ1) is 31.2. The maximum absolute atomic E-state index is 13.3. The molecule has 2 aromatic carbocycles. The standard InChI is InChI=1S/C30H34N4O10S/c1-42-27-22(37)16(20-21(24(27)39)26-28(44-29(20)41)25(40)23(38)18(13-35)43-26)11-33-7-9-34(10-8-33)12-19(36)32-30-31-17(14-45-30)15-5-3-2-4-6-15/h2-6,14,18,23,25-26,28,35,37-40H,7-13H2,1H3,(H,31,32,36)/t18-,23-,25+,26?,28?/m1/s1. The monoisotopic (exact) mass is 642 g/mol. The number of esters is 1. The minimum Gasteiger partial charge on any atom is -0.504 e. The summed E-state index contributed by atoms with van der Waals surface area (Å²) >= 11 is 1.35. The summed E-state index contributed by atoms with van der Waals surface area (Å²) in [4.78, 5) is 34.5. The fourth-order valence-electron chi connectivity index (χ4n) is 6.03. The molecule has 0 aliphatic carbocycles. The molecule has 2 unspecified atom stereocenters. The van der Waals surface area contributed by atoms with Gasteiger partial charge >= 0.3 is 5.97 Å². The molecule has 6 rings (SSSR count). The number of anilines is 1. The quantitative estimate of drug-likeness (QED) is 0.188. The third-order valence-electron chi connectivity index (χ3n) is 8.38. The van der Waals surface area contributed by atoms with E-state index in [0.29, 0.717) is 31.3 Å². The molecule has 3 aliphatic heterocycles. The van der Waals surface area contributed by atoms with Crippen LogP contribution in [0.25, 0.3) is 11.3 Å². The maximum Gasteiger partial charge on any atom is 0.339 e. The second-order valence-corrected chi connectivity index (χ2v) is 12.0. The van der Waals surface area contributed by atoms with Crippen LogP contribution < -0.4 is 10.1 Å². The minimum atomic E-state index is -1.59. The highest BCUT2D eigenvalue weighted by atomic mass is 32.1. The number of phenols is 2. The van der Waals surface area contributed by atoms with Gasteiger partial charge in [-0.05, 0) is 0 Å². The van der Waals surface area contributed by atoms with Crippen molar-refractivity contribution in [2.45, 2.75) is 37.1 Å². The van der Waals surface area contributed by atoms with Gasteiger partial charge in [-0.25, -0.2) is 9.78 Å². The lowest BCUT2D eigenvalue weighted by Gasteiger charge is -2.45. The van der Waals surface area contributed by atoms with Crippen molar-refractivity contribution in [2.24, 2.45) is 0 Å². The van der Waals surface area contributed by atoms with Crippen molar-refractivity contribution in [3.05, 3.63) is 52.4 Å². The molecule has 0 saturated carbocycles. The molecule has 3 aliphatic rings. The average molecular weight is 643 g/mol. The molecule has 0 bridgehead atoms. The number of amides is 1. The van der Waals surface area contributed by atoms with Crippen molar-refractivity contribution >= 4 is 28.3 Å². The molecule has 5 atom stereocenters. The van der Waals surface area contributed by atoms with Gasteiger partial charge < -0.3 is 45.1 Å². The van der Waals surface area contributed by atoms with E-state index in [0.717, 1.165) is 11.3 Å². The van der Waals surface area contributed by atoms with E-state index in [1.54, 1.807) is 0 Å². The van der Waals surface area contributed by atoms with E-state index < -0.39 is 54.6 Å². The Hall–Kier alpha value is -3.83. The van der Waals surface area contributed by atoms with Crippen molar-refractivity contribution in [3.8, 4) is 28.5 Å². The fourth-order valence-corrected chi connectivity index (χ4v) is 6.76. The number of nitrogens with zero attached hydrogens (tertiary/aromatic N) is 3. The normalized spacial score (nSPS) is 25.2. The zero-order chi connectivity index (χ0) is 31.8. The highest BCUT2D eigenvalue weighted by Gasteiger charge is 2.53. The number of aromatic hydroxyl groups is 2. The molecule has 1 aromatic heterocycles. The number of aliphatic hydroxyl groups excluding tert-OH is 3. The van der Waals surface area contributed by atoms with Crippen LogP contribution in [0.4, 0.5) is 5.13 Å². The van der Waals surface area contributed by atoms with E-state index in [-0.39, 0.29) is 41.4 Å². The van der Waals surface area contributed by atoms with Gasteiger partial charge in [-0.2, -0.15) is 0 Å². The zero-order valence-electron chi connectivity index (χ0n) is 24.3. The Morgan fingerprint density at radius 2 is 1.80 bits per heavy atom. The average Bonchev–Trinajstić information content (AvgIpc) is 3.50. The Bertz CT molecular complexity index is 1560. The zero-order valence-corrected chi connectivity index (χ0v) is 25.1. The Balaban J connectivity index is 1.14. The van der Waals surface area contributed by atoms with Gasteiger partial charge in [0.15, 0.2) is 22.7 Å². The topological polar surface area (TPSA) is 194 Å². The van der Waals surface area contributed by atoms with Gasteiger partial charge in [0.2, 0.25) is 11.7 Å². The molecule has 45 heavy (non-hydrogen) atoms. The number of carbonyl (C=O) groups excluding carboxylic acids is 2. The third kappa shape index (κ3) is 5.95. The lowest BCUT2D eigenvalue weighted by molar-refractivity contribution is -0.235. The fraction of sp³-hybridized carbons (Fsp3) is 0.433. The second kappa shape index (κ2) is 12.9. The van der Waals surface area contributed by atoms with Crippen LogP contribution in [0.2, 0.25) is 0 Å². The SMILES string of the molecule is COc1c(O)c(CN2CCN(CC(=O)Nc3nc(-c4ccccc4)cs3)CC2)c2c(c1O)C1O[C@H](CO)[C@@H](O)[C@H](O)C1OC2=O. The van der Waals surface area contributed by atoms with Crippen LogP contribution in [0.15, 0.2) is 35.7 Å². The molecule has 2 saturated heterocycles. The van der Waals surface area contributed by atoms with Crippen molar-refractivity contribution in [3.63, 3.8) is 0 Å². The van der Waals surface area contributed by atoms with E-state index in [1.807, 2.05) is 45.5 Å². The highest BCUT2D eigenvalue weighted by molar-refractivity contribution is 7.14. The first-order chi connectivity index (χ1) is 21.7. The number of rotatable bonds is 8. The van der Waals surface area contributed by atoms with Gasteiger partial charge in [-0.15, -0.1) is 11.3 Å². The first-order valence-electron chi connectivity index (χ1n) is 14.4. The van der Waals surface area contributed by atoms with Gasteiger partial charge in [0.1, 0.15) is 24.4 Å². The molecule has 0 spiro atoms. The number of piperazine rings is 1. The van der Waals surface area contributed by atoms with Crippen LogP contribution >= 0.6 is 11.3 Å². The first-order valence-corrected chi connectivity index (χ1v) is 15.3. The van der Waals surface area contributed by atoms with E-state index >= 15 is 0 Å². The Morgan fingerprint density at radius 1 is 1.09 bits per heavy atom. The third-order valence-corrected chi connectivity index (χ3v) is 9.14. The number of aromatic nitrogens is 1. The smallest absolute Gasteiger partial charge is 0.339 e. The number of benzene rings is 2. The summed E-state index contributed by atoms with van der Waals surface area (Å²) in [5.74, 6) is -2.40. The number of thiazole rings is 1. The molecule has 15 heteroatoms. The molecule has 3 aromatic rings. The summed E-state index contributed by atoms with van der Waals surface area (Å²) in [5.41, 5.74) is 1.70. The van der Waals surface area contributed by atoms with E-state index in [2.05, 4.69) is 10.3 Å². The van der Waals surface area contributed by atoms with Gasteiger partial charge in [0, 0.05) is 54.8 Å². The number of fused-ring (bicyclic) bond motifs is 3. The molecule has 1 amide bonds. The van der Waals surface area contributed by atoms with Crippen molar-refractivity contribution in [1.82, 2.24) is 14.8 Å².